The van der Waals surface area contributed by atoms with Gasteiger partial charge in [-0.3, -0.25) is 4.90 Å². The Bertz CT molecular complexity index is 365. The van der Waals surface area contributed by atoms with Crippen LogP contribution in [0.4, 0.5) is 0 Å². The van der Waals surface area contributed by atoms with Gasteiger partial charge in [-0.1, -0.05) is 32.4 Å². The molecule has 2 atom stereocenters. The van der Waals surface area contributed by atoms with Crippen LogP contribution in [0, 0.1) is 11.8 Å². The highest BCUT2D eigenvalue weighted by atomic mass is 35.5. The van der Waals surface area contributed by atoms with Gasteiger partial charge in [0, 0.05) is 17.5 Å². The highest BCUT2D eigenvalue weighted by molar-refractivity contribution is 7.16. The van der Waals surface area contributed by atoms with Crippen LogP contribution < -0.4 is 5.32 Å². The fraction of sp³-hybridized carbons (Fsp3) is 0.733. The van der Waals surface area contributed by atoms with Crippen LogP contribution in [0.2, 0.25) is 4.34 Å². The van der Waals surface area contributed by atoms with Gasteiger partial charge in [0.25, 0.3) is 0 Å². The van der Waals surface area contributed by atoms with Crippen molar-refractivity contribution in [2.75, 3.05) is 20.1 Å². The number of rotatable bonds is 8. The molecule has 1 aromatic heterocycles. The van der Waals surface area contributed by atoms with Crippen molar-refractivity contribution in [2.24, 2.45) is 11.8 Å². The van der Waals surface area contributed by atoms with Crippen molar-refractivity contribution in [3.05, 3.63) is 21.3 Å². The SMILES string of the molecule is CC(C)CNCC(C)C(C)N(C)Cc1ccc(Cl)s1. The summed E-state index contributed by atoms with van der Waals surface area (Å²) < 4.78 is 0.878. The largest absolute Gasteiger partial charge is 0.316 e. The van der Waals surface area contributed by atoms with Crippen molar-refractivity contribution in [2.45, 2.75) is 40.3 Å². The molecule has 0 spiro atoms. The second-order valence-electron chi connectivity index (χ2n) is 5.89. The van der Waals surface area contributed by atoms with Gasteiger partial charge in [0.1, 0.15) is 0 Å². The highest BCUT2D eigenvalue weighted by Crippen LogP contribution is 2.23. The lowest BCUT2D eigenvalue weighted by Gasteiger charge is -2.30. The maximum atomic E-state index is 5.97. The number of thiophene rings is 1. The second kappa shape index (κ2) is 8.25. The van der Waals surface area contributed by atoms with Crippen LogP contribution in [-0.4, -0.2) is 31.1 Å². The first-order valence-corrected chi connectivity index (χ1v) is 8.24. The third kappa shape index (κ3) is 6.26. The number of nitrogens with one attached hydrogen (secondary N) is 1. The maximum absolute atomic E-state index is 5.97. The monoisotopic (exact) mass is 302 g/mol. The standard InChI is InChI=1S/C15H27ClN2S/c1-11(2)8-17-9-12(3)13(4)18(5)10-14-6-7-15(16)19-14/h6-7,11-13,17H,8-10H2,1-5H3. The maximum Gasteiger partial charge on any atom is 0.0931 e. The van der Waals surface area contributed by atoms with E-state index in [4.69, 9.17) is 11.6 Å². The van der Waals surface area contributed by atoms with Gasteiger partial charge in [-0.2, -0.15) is 0 Å². The van der Waals surface area contributed by atoms with Crippen LogP contribution in [0.3, 0.4) is 0 Å². The minimum Gasteiger partial charge on any atom is -0.316 e. The summed E-state index contributed by atoms with van der Waals surface area (Å²) >= 11 is 7.65. The van der Waals surface area contributed by atoms with Gasteiger partial charge in [-0.25, -0.2) is 0 Å². The van der Waals surface area contributed by atoms with Crippen molar-refractivity contribution >= 4 is 22.9 Å². The molecular weight excluding hydrogens is 276 g/mol. The van der Waals surface area contributed by atoms with E-state index in [0.29, 0.717) is 17.9 Å². The lowest BCUT2D eigenvalue weighted by Crippen LogP contribution is -2.39. The molecule has 0 saturated heterocycles. The summed E-state index contributed by atoms with van der Waals surface area (Å²) in [5.74, 6) is 1.35. The topological polar surface area (TPSA) is 15.3 Å². The van der Waals surface area contributed by atoms with Gasteiger partial charge in [0.2, 0.25) is 0 Å². The summed E-state index contributed by atoms with van der Waals surface area (Å²) in [4.78, 5) is 3.74. The van der Waals surface area contributed by atoms with Crippen molar-refractivity contribution in [1.29, 1.82) is 0 Å². The smallest absolute Gasteiger partial charge is 0.0931 e. The van der Waals surface area contributed by atoms with Crippen molar-refractivity contribution in [3.8, 4) is 0 Å². The molecule has 0 aromatic carbocycles. The van der Waals surface area contributed by atoms with E-state index in [9.17, 15) is 0 Å². The quantitative estimate of drug-likeness (QED) is 0.777. The van der Waals surface area contributed by atoms with E-state index >= 15 is 0 Å². The van der Waals surface area contributed by atoms with Gasteiger partial charge in [0.15, 0.2) is 0 Å². The number of hydrogen-bond donors (Lipinski definition) is 1. The van der Waals surface area contributed by atoms with Crippen molar-refractivity contribution in [3.63, 3.8) is 0 Å². The van der Waals surface area contributed by atoms with Crippen molar-refractivity contribution < 1.29 is 0 Å². The van der Waals surface area contributed by atoms with Gasteiger partial charge >= 0.3 is 0 Å². The fourth-order valence-electron chi connectivity index (χ4n) is 2.03. The van der Waals surface area contributed by atoms with E-state index in [2.05, 4.69) is 51.0 Å². The van der Waals surface area contributed by atoms with E-state index in [1.807, 2.05) is 6.07 Å². The van der Waals surface area contributed by atoms with E-state index < -0.39 is 0 Å². The summed E-state index contributed by atoms with van der Waals surface area (Å²) in [6.07, 6.45) is 0. The summed E-state index contributed by atoms with van der Waals surface area (Å²) in [7, 11) is 2.19. The zero-order valence-corrected chi connectivity index (χ0v) is 14.3. The van der Waals surface area contributed by atoms with Gasteiger partial charge in [0.05, 0.1) is 4.34 Å². The fourth-order valence-corrected chi connectivity index (χ4v) is 3.18. The zero-order chi connectivity index (χ0) is 14.4. The molecule has 19 heavy (non-hydrogen) atoms. The Hall–Kier alpha value is -0.0900. The third-order valence-electron chi connectivity index (χ3n) is 3.57. The van der Waals surface area contributed by atoms with Crippen LogP contribution in [0.1, 0.15) is 32.6 Å². The molecule has 0 radical (unpaired) electrons. The summed E-state index contributed by atoms with van der Waals surface area (Å²) in [5.41, 5.74) is 0. The molecule has 2 unspecified atom stereocenters. The Labute approximate surface area is 127 Å². The number of halogens is 1. The average Bonchev–Trinajstić information content (AvgIpc) is 2.73. The number of hydrogen-bond acceptors (Lipinski definition) is 3. The summed E-state index contributed by atoms with van der Waals surface area (Å²) in [6.45, 7) is 12.3. The van der Waals surface area contributed by atoms with Crippen LogP contribution in [0.15, 0.2) is 12.1 Å². The molecule has 0 bridgehead atoms. The van der Waals surface area contributed by atoms with Gasteiger partial charge in [-0.15, -0.1) is 11.3 Å². The highest BCUT2D eigenvalue weighted by Gasteiger charge is 2.17. The molecule has 1 heterocycles. The molecule has 0 amide bonds. The van der Waals surface area contributed by atoms with E-state index in [1.165, 1.54) is 4.88 Å². The molecule has 4 heteroatoms. The molecule has 110 valence electrons. The first kappa shape index (κ1) is 17.0. The molecule has 0 aliphatic carbocycles. The minimum atomic E-state index is 0.556. The lowest BCUT2D eigenvalue weighted by molar-refractivity contribution is 0.189. The van der Waals surface area contributed by atoms with Crippen LogP contribution in [0.5, 0.6) is 0 Å². The molecule has 0 fully saturated rings. The van der Waals surface area contributed by atoms with E-state index in [-0.39, 0.29) is 0 Å². The molecule has 0 aliphatic heterocycles. The molecule has 2 nitrogen and oxygen atoms in total. The average molecular weight is 303 g/mol. The van der Waals surface area contributed by atoms with Crippen LogP contribution >= 0.6 is 22.9 Å². The Kier molecular flexibility index (Phi) is 7.37. The Morgan fingerprint density at radius 1 is 1.21 bits per heavy atom. The molecule has 1 N–H and O–H groups in total. The molecule has 1 aromatic rings. The minimum absolute atomic E-state index is 0.556. The summed E-state index contributed by atoms with van der Waals surface area (Å²) in [5, 5.41) is 3.54. The Morgan fingerprint density at radius 2 is 1.89 bits per heavy atom. The first-order valence-electron chi connectivity index (χ1n) is 7.05. The van der Waals surface area contributed by atoms with Crippen LogP contribution in [0.25, 0.3) is 0 Å². The Morgan fingerprint density at radius 3 is 2.42 bits per heavy atom. The van der Waals surface area contributed by atoms with E-state index in [0.717, 1.165) is 24.0 Å². The van der Waals surface area contributed by atoms with Gasteiger partial charge < -0.3 is 5.32 Å². The predicted octanol–water partition coefficient (Wildman–Crippen LogP) is 4.10. The van der Waals surface area contributed by atoms with E-state index in [1.54, 1.807) is 11.3 Å². The zero-order valence-electron chi connectivity index (χ0n) is 12.7. The normalized spacial score (nSPS) is 15.2. The Balaban J connectivity index is 2.36. The first-order chi connectivity index (χ1) is 8.90. The molecule has 1 rings (SSSR count). The lowest BCUT2D eigenvalue weighted by atomic mass is 10.0. The summed E-state index contributed by atoms with van der Waals surface area (Å²) in [6, 6.07) is 4.66. The second-order valence-corrected chi connectivity index (χ2v) is 7.69. The molecule has 0 saturated carbocycles. The molecule has 0 aliphatic rings. The van der Waals surface area contributed by atoms with Crippen LogP contribution in [-0.2, 0) is 6.54 Å². The van der Waals surface area contributed by atoms with Gasteiger partial charge in [-0.05, 0) is 51.0 Å². The predicted molar refractivity (Wildman–Crippen MR) is 87.1 cm³/mol. The number of nitrogens with zero attached hydrogens (tertiary/aromatic N) is 1. The third-order valence-corrected chi connectivity index (χ3v) is 4.79. The molecular formula is C15H27ClN2S. The van der Waals surface area contributed by atoms with Crippen molar-refractivity contribution in [1.82, 2.24) is 10.2 Å².